The van der Waals surface area contributed by atoms with Crippen molar-refractivity contribution in [3.8, 4) is 6.07 Å². The van der Waals surface area contributed by atoms with Gasteiger partial charge < -0.3 is 5.31 Å². The number of aromatic nitrogens is 3. The maximum atomic E-state index is 14.3. The van der Waals surface area contributed by atoms with E-state index >= 15 is 0 Å². The number of piperidine rings is 1. The van der Waals surface area contributed by atoms with Crippen molar-refractivity contribution < 1.29 is 20.9 Å². The van der Waals surface area contributed by atoms with Gasteiger partial charge in [-0.05, 0) is 30.4 Å². The van der Waals surface area contributed by atoms with Crippen LogP contribution in [-0.2, 0) is 6.50 Å². The molecule has 9 heteroatoms. The van der Waals surface area contributed by atoms with Crippen molar-refractivity contribution in [2.24, 2.45) is 0 Å². The van der Waals surface area contributed by atoms with Crippen LogP contribution >= 0.6 is 22.9 Å². The van der Waals surface area contributed by atoms with E-state index in [2.05, 4.69) is 15.0 Å². The minimum Gasteiger partial charge on any atom is -0.366 e. The predicted octanol–water partition coefficient (Wildman–Crippen LogP) is 3.83. The van der Waals surface area contributed by atoms with Crippen LogP contribution < -0.4 is 5.31 Å². The Morgan fingerprint density at radius 2 is 2.52 bits per heavy atom. The molecular formula is C18H16ClFN6S. The maximum Gasteiger partial charge on any atom is 0.186 e. The molecule has 1 saturated heterocycles. The summed E-state index contributed by atoms with van der Waals surface area (Å²) < 4.78 is 115. The quantitative estimate of drug-likeness (QED) is 0.699. The van der Waals surface area contributed by atoms with E-state index < -0.39 is 85.5 Å². The van der Waals surface area contributed by atoms with Crippen LogP contribution in [0.25, 0.3) is 10.3 Å². The number of halogens is 2. The third-order valence-electron chi connectivity index (χ3n) is 3.37. The highest BCUT2D eigenvalue weighted by Gasteiger charge is 2.21. The van der Waals surface area contributed by atoms with Crippen LogP contribution in [0, 0.1) is 17.1 Å². The number of fused-ring (bicyclic) bond motifs is 1. The van der Waals surface area contributed by atoms with Crippen molar-refractivity contribution in [3.63, 3.8) is 0 Å². The van der Waals surface area contributed by atoms with Crippen molar-refractivity contribution in [1.82, 2.24) is 19.9 Å². The van der Waals surface area contributed by atoms with Crippen molar-refractivity contribution in [1.29, 1.82) is 5.26 Å². The van der Waals surface area contributed by atoms with E-state index in [1.807, 2.05) is 0 Å². The minimum absolute atomic E-state index is 0.0303. The Labute approximate surface area is 181 Å². The smallest absolute Gasteiger partial charge is 0.186 e. The zero-order valence-electron chi connectivity index (χ0n) is 25.3. The van der Waals surface area contributed by atoms with E-state index in [1.54, 1.807) is 0 Å². The van der Waals surface area contributed by atoms with Crippen molar-refractivity contribution in [3.05, 3.63) is 45.8 Å². The summed E-state index contributed by atoms with van der Waals surface area (Å²) in [7, 11) is 0. The van der Waals surface area contributed by atoms with Gasteiger partial charge in [0.25, 0.3) is 0 Å². The molecule has 2 aromatic heterocycles. The lowest BCUT2D eigenvalue weighted by Crippen LogP contribution is -2.38. The first-order valence-corrected chi connectivity index (χ1v) is 8.61. The summed E-state index contributed by atoms with van der Waals surface area (Å²) >= 11 is 6.70. The number of likely N-dealkylation sites (tertiary alicyclic amines) is 1. The second kappa shape index (κ2) is 7.72. The van der Waals surface area contributed by atoms with Gasteiger partial charge >= 0.3 is 0 Å². The Morgan fingerprint density at radius 3 is 3.37 bits per heavy atom. The summed E-state index contributed by atoms with van der Waals surface area (Å²) in [5.41, 5.74) is -2.16. The minimum atomic E-state index is -3.43. The molecule has 0 radical (unpaired) electrons. The topological polar surface area (TPSA) is 77.7 Å². The van der Waals surface area contributed by atoms with Crippen LogP contribution in [0.1, 0.15) is 39.0 Å². The summed E-state index contributed by atoms with van der Waals surface area (Å²) in [6, 6.07) is -4.89. The zero-order valence-corrected chi connectivity index (χ0v) is 14.8. The molecule has 1 aliphatic heterocycles. The second-order valence-corrected chi connectivity index (χ2v) is 6.71. The number of nitriles is 1. The normalized spacial score (nSPS) is 31.1. The number of rotatable bonds is 4. The maximum absolute atomic E-state index is 14.3. The molecular weight excluding hydrogens is 387 g/mol. The van der Waals surface area contributed by atoms with E-state index in [0.29, 0.717) is 0 Å². The van der Waals surface area contributed by atoms with Gasteiger partial charge in [0.2, 0.25) is 0 Å². The summed E-state index contributed by atoms with van der Waals surface area (Å²) in [6.45, 7) is -7.44. The highest BCUT2D eigenvalue weighted by atomic mass is 35.5. The molecule has 3 aromatic rings. The summed E-state index contributed by atoms with van der Waals surface area (Å²) in [5, 5.41) is 9.48. The molecule has 3 heterocycles. The van der Waals surface area contributed by atoms with Crippen molar-refractivity contribution in [2.75, 3.05) is 18.4 Å². The van der Waals surface area contributed by atoms with Gasteiger partial charge in [-0.3, -0.25) is 4.90 Å². The van der Waals surface area contributed by atoms with Crippen LogP contribution in [0.5, 0.6) is 0 Å². The van der Waals surface area contributed by atoms with E-state index in [9.17, 15) is 9.65 Å². The largest absolute Gasteiger partial charge is 0.366 e. The SMILES string of the molecule is [2H]c1nc(N([2H])C2([2H])CCN(C([2H])([2H])c3c([2H])c([2H])c(F)c(C#N)c3[2H])C([2H])([2H])C2([2H])[2H])c2sc(Cl)nc2n1. The Hall–Kier alpha value is -2.34. The Bertz CT molecular complexity index is 1550. The van der Waals surface area contributed by atoms with Gasteiger partial charge in [0.05, 0.1) is 11.0 Å². The summed E-state index contributed by atoms with van der Waals surface area (Å²) in [6.07, 6.45) is -4.78. The zero-order chi connectivity index (χ0) is 29.5. The lowest BCUT2D eigenvalue weighted by atomic mass is 10.0. The highest BCUT2D eigenvalue weighted by Crippen LogP contribution is 2.30. The fourth-order valence-electron chi connectivity index (χ4n) is 2.18. The van der Waals surface area contributed by atoms with Gasteiger partial charge in [-0.2, -0.15) is 5.26 Å². The van der Waals surface area contributed by atoms with Crippen LogP contribution in [0.3, 0.4) is 0 Å². The molecule has 1 N–H and O–H groups in total. The first kappa shape index (κ1) is 8.78. The molecule has 0 spiro atoms. The fourth-order valence-corrected chi connectivity index (χ4v) is 3.15. The lowest BCUT2D eigenvalue weighted by Gasteiger charge is -2.32. The number of hydrogen-bond acceptors (Lipinski definition) is 7. The first-order valence-electron chi connectivity index (χ1n) is 13.4. The van der Waals surface area contributed by atoms with Crippen LogP contribution in [-0.4, -0.2) is 38.9 Å². The van der Waals surface area contributed by atoms with E-state index in [0.717, 1.165) is 11.3 Å². The lowest BCUT2D eigenvalue weighted by molar-refractivity contribution is 0.211. The van der Waals surface area contributed by atoms with Gasteiger partial charge in [-0.1, -0.05) is 29.0 Å². The molecule has 27 heavy (non-hydrogen) atoms. The van der Waals surface area contributed by atoms with Crippen molar-refractivity contribution in [2.45, 2.75) is 25.3 Å². The van der Waals surface area contributed by atoms with Gasteiger partial charge in [0, 0.05) is 33.8 Å². The summed E-state index contributed by atoms with van der Waals surface area (Å²) in [4.78, 5) is 11.7. The Kier molecular flexibility index (Phi) is 2.51. The molecule has 1 aliphatic rings. The number of nitrogens with zero attached hydrogens (tertiary/aromatic N) is 5. The summed E-state index contributed by atoms with van der Waals surface area (Å²) in [5.74, 6) is -1.97. The van der Waals surface area contributed by atoms with E-state index in [4.69, 9.17) is 28.1 Å². The molecule has 138 valence electrons. The molecule has 1 aromatic carbocycles. The van der Waals surface area contributed by atoms with Crippen LogP contribution in [0.15, 0.2) is 24.4 Å². The molecule has 1 fully saturated rings. The highest BCUT2D eigenvalue weighted by molar-refractivity contribution is 7.22. The van der Waals surface area contributed by atoms with E-state index in [1.165, 1.54) is 6.07 Å². The molecule has 0 saturated carbocycles. The van der Waals surface area contributed by atoms with Gasteiger partial charge in [-0.15, -0.1) is 0 Å². The molecule has 1 atom stereocenters. The van der Waals surface area contributed by atoms with Crippen molar-refractivity contribution >= 4 is 39.1 Å². The molecule has 1 unspecified atom stereocenters. The third-order valence-corrected chi connectivity index (χ3v) is 4.52. The standard InChI is InChI=1S/C18H16ClFN6S/c19-18-25-17-15(27-18)16(22-10-23-17)24-13-3-5-26(6-4-13)9-11-1-2-14(20)12(7-11)8-21/h1-2,7,10,13H,3-6,9H2,(H,22,23,24)/i1D,2D,3D2,5D2,7D,9D2,10D,13D/hD. The fraction of sp³-hybridized carbons (Fsp3) is 0.333. The monoisotopic (exact) mass is 414 g/mol. The van der Waals surface area contributed by atoms with Gasteiger partial charge in [0.1, 0.15) is 30.1 Å². The molecule has 4 rings (SSSR count). The van der Waals surface area contributed by atoms with E-state index in [-0.39, 0.29) is 25.0 Å². The Balaban J connectivity index is 1.84. The number of anilines is 1. The molecule has 0 aliphatic carbocycles. The Morgan fingerprint density at radius 1 is 1.63 bits per heavy atom. The van der Waals surface area contributed by atoms with Crippen LogP contribution in [0.2, 0.25) is 5.88 Å². The van der Waals surface area contributed by atoms with Gasteiger partial charge in [-0.25, -0.2) is 19.3 Å². The second-order valence-electron chi connectivity index (χ2n) is 5.13. The first-order chi connectivity index (χ1) is 17.8. The van der Waals surface area contributed by atoms with Crippen LogP contribution in [0.4, 0.5) is 10.2 Å². The van der Waals surface area contributed by atoms with Gasteiger partial charge in [0.15, 0.2) is 11.5 Å². The number of benzene rings is 1. The number of hydrogen-bond donors (Lipinski definition) is 1. The third kappa shape index (κ3) is 4.00. The molecule has 0 bridgehead atoms. The average Bonchev–Trinajstić information content (AvgIpc) is 3.20. The average molecular weight is 415 g/mol. The number of nitrogens with one attached hydrogen (secondary N) is 1. The molecule has 6 nitrogen and oxygen atoms in total. The predicted molar refractivity (Wildman–Crippen MR) is 103 cm³/mol. The molecule has 0 amide bonds. The number of thiazole rings is 1.